The predicted octanol–water partition coefficient (Wildman–Crippen LogP) is 8.11. The molecule has 0 saturated heterocycles. The molecule has 0 spiro atoms. The smallest absolute Gasteiger partial charge is 0.0390 e. The second-order valence-electron chi connectivity index (χ2n) is 5.50. The Hall–Kier alpha value is -2.80. The molecule has 1 heteroatoms. The predicted molar refractivity (Wildman–Crippen MR) is 121 cm³/mol. The minimum absolute atomic E-state index is 1.07. The first-order valence-electron chi connectivity index (χ1n) is 9.27. The lowest BCUT2D eigenvalue weighted by Crippen LogP contribution is -1.93. The number of rotatable bonds is 6. The van der Waals surface area contributed by atoms with Crippen LogP contribution in [0.3, 0.4) is 0 Å². The van der Waals surface area contributed by atoms with E-state index in [2.05, 4.69) is 85.6 Å². The molecule has 0 unspecified atom stereocenters. The van der Waals surface area contributed by atoms with E-state index in [0.717, 1.165) is 22.5 Å². The van der Waals surface area contributed by atoms with Gasteiger partial charge in [0.1, 0.15) is 0 Å². The van der Waals surface area contributed by atoms with Gasteiger partial charge in [0.05, 0.1) is 0 Å². The van der Waals surface area contributed by atoms with Gasteiger partial charge in [-0.25, -0.2) is 0 Å². The summed E-state index contributed by atoms with van der Waals surface area (Å²) in [5.41, 5.74) is 6.87. The zero-order valence-electron chi connectivity index (χ0n) is 16.7. The zero-order chi connectivity index (χ0) is 19.4. The fraction of sp³-hybridized carbons (Fsp3) is 0.200. The Balaban J connectivity index is 0.00000163. The van der Waals surface area contributed by atoms with Gasteiger partial charge in [0.25, 0.3) is 0 Å². The van der Waals surface area contributed by atoms with Crippen LogP contribution in [0, 0.1) is 0 Å². The normalized spacial score (nSPS) is 11.3. The lowest BCUT2D eigenvalue weighted by molar-refractivity contribution is 1.50. The molecule has 1 N–H and O–H groups in total. The molecule has 26 heavy (non-hydrogen) atoms. The molecule has 0 heterocycles. The van der Waals surface area contributed by atoms with Gasteiger partial charge in [0.2, 0.25) is 0 Å². The molecule has 0 bridgehead atoms. The van der Waals surface area contributed by atoms with Crippen LogP contribution in [0.25, 0.3) is 17.7 Å². The van der Waals surface area contributed by atoms with E-state index in [0.29, 0.717) is 0 Å². The summed E-state index contributed by atoms with van der Waals surface area (Å²) < 4.78 is 0. The Kier molecular flexibility index (Phi) is 9.56. The molecule has 0 saturated carbocycles. The molecule has 0 aliphatic rings. The van der Waals surface area contributed by atoms with Gasteiger partial charge in [-0.15, -0.1) is 0 Å². The molecule has 0 amide bonds. The lowest BCUT2D eigenvalue weighted by atomic mass is 10.0. The quantitative estimate of drug-likeness (QED) is 0.521. The van der Waals surface area contributed by atoms with Crippen molar-refractivity contribution in [2.45, 2.75) is 34.6 Å². The standard InChI is InChI=1S/C23H25N.C2H6/c1-5-10-18(7-3)21-12-9-13-22(17-21)24-23-15-14-19(8-4)20(16-23)11-6-2;1-2/h5-17,24H,4H2,1-3H3;1-2H3/b10-5-,11-6-,18-7+;. The van der Waals surface area contributed by atoms with E-state index in [1.54, 1.807) is 0 Å². The van der Waals surface area contributed by atoms with Crippen molar-refractivity contribution >= 4 is 29.1 Å². The summed E-state index contributed by atoms with van der Waals surface area (Å²) in [5, 5.41) is 3.50. The maximum absolute atomic E-state index is 3.88. The van der Waals surface area contributed by atoms with Crippen LogP contribution in [0.2, 0.25) is 0 Å². The molecular formula is C25H31N. The monoisotopic (exact) mass is 345 g/mol. The van der Waals surface area contributed by atoms with E-state index >= 15 is 0 Å². The molecule has 2 aromatic rings. The number of allylic oxidation sites excluding steroid dienone is 5. The first-order chi connectivity index (χ1) is 12.7. The van der Waals surface area contributed by atoms with Crippen molar-refractivity contribution in [2.24, 2.45) is 0 Å². The van der Waals surface area contributed by atoms with Gasteiger partial charge in [0, 0.05) is 11.4 Å². The maximum Gasteiger partial charge on any atom is 0.0390 e. The van der Waals surface area contributed by atoms with E-state index in [9.17, 15) is 0 Å². The molecule has 0 aliphatic carbocycles. The Labute approximate surface area is 159 Å². The van der Waals surface area contributed by atoms with Crippen molar-refractivity contribution < 1.29 is 0 Å². The summed E-state index contributed by atoms with van der Waals surface area (Å²) in [6.07, 6.45) is 12.3. The van der Waals surface area contributed by atoms with Crippen molar-refractivity contribution in [3.05, 3.63) is 90.0 Å². The number of nitrogens with one attached hydrogen (secondary N) is 1. The molecule has 0 aromatic heterocycles. The maximum atomic E-state index is 3.88. The third-order valence-electron chi connectivity index (χ3n) is 3.79. The molecular weight excluding hydrogens is 314 g/mol. The minimum Gasteiger partial charge on any atom is -0.355 e. The number of anilines is 2. The van der Waals surface area contributed by atoms with Crippen molar-refractivity contribution in [3.8, 4) is 0 Å². The van der Waals surface area contributed by atoms with Crippen molar-refractivity contribution in [3.63, 3.8) is 0 Å². The Morgan fingerprint density at radius 1 is 0.885 bits per heavy atom. The molecule has 2 rings (SSSR count). The van der Waals surface area contributed by atoms with Gasteiger partial charge in [-0.1, -0.05) is 75.1 Å². The SMILES string of the molecule is C=Cc1ccc(Nc2cccc(C(/C=C\C)=C/C)c2)cc1/C=C\C.CC. The highest BCUT2D eigenvalue weighted by Crippen LogP contribution is 2.25. The zero-order valence-corrected chi connectivity index (χ0v) is 16.7. The van der Waals surface area contributed by atoms with Gasteiger partial charge in [-0.2, -0.15) is 0 Å². The van der Waals surface area contributed by atoms with Crippen LogP contribution in [-0.4, -0.2) is 0 Å². The van der Waals surface area contributed by atoms with E-state index in [-0.39, 0.29) is 0 Å². The fourth-order valence-corrected chi connectivity index (χ4v) is 2.64. The molecule has 2 aromatic carbocycles. The number of benzene rings is 2. The first-order valence-corrected chi connectivity index (χ1v) is 9.27. The summed E-state index contributed by atoms with van der Waals surface area (Å²) in [7, 11) is 0. The van der Waals surface area contributed by atoms with Crippen LogP contribution < -0.4 is 5.32 Å². The van der Waals surface area contributed by atoms with Crippen molar-refractivity contribution in [1.82, 2.24) is 0 Å². The third kappa shape index (κ3) is 5.93. The second-order valence-corrected chi connectivity index (χ2v) is 5.50. The van der Waals surface area contributed by atoms with E-state index in [1.165, 1.54) is 11.1 Å². The van der Waals surface area contributed by atoms with E-state index in [1.807, 2.05) is 39.8 Å². The highest BCUT2D eigenvalue weighted by Gasteiger charge is 2.02. The molecule has 0 atom stereocenters. The fourth-order valence-electron chi connectivity index (χ4n) is 2.64. The molecule has 0 radical (unpaired) electrons. The Bertz CT molecular complexity index is 792. The average Bonchev–Trinajstić information content (AvgIpc) is 2.68. The van der Waals surface area contributed by atoms with E-state index < -0.39 is 0 Å². The van der Waals surface area contributed by atoms with Gasteiger partial charge < -0.3 is 5.32 Å². The first kappa shape index (κ1) is 21.2. The number of hydrogen-bond acceptors (Lipinski definition) is 1. The lowest BCUT2D eigenvalue weighted by Gasteiger charge is -2.11. The Morgan fingerprint density at radius 3 is 2.23 bits per heavy atom. The van der Waals surface area contributed by atoms with Crippen molar-refractivity contribution in [2.75, 3.05) is 5.32 Å². The van der Waals surface area contributed by atoms with Gasteiger partial charge in [-0.05, 0) is 67.3 Å². The van der Waals surface area contributed by atoms with Crippen LogP contribution >= 0.6 is 0 Å². The van der Waals surface area contributed by atoms with Crippen LogP contribution in [0.5, 0.6) is 0 Å². The number of hydrogen-bond donors (Lipinski definition) is 1. The van der Waals surface area contributed by atoms with Gasteiger partial charge >= 0.3 is 0 Å². The largest absolute Gasteiger partial charge is 0.355 e. The highest BCUT2D eigenvalue weighted by atomic mass is 14.9. The summed E-state index contributed by atoms with van der Waals surface area (Å²) in [4.78, 5) is 0. The molecule has 1 nitrogen and oxygen atoms in total. The van der Waals surface area contributed by atoms with Crippen LogP contribution in [-0.2, 0) is 0 Å². The summed E-state index contributed by atoms with van der Waals surface area (Å²) in [6.45, 7) is 14.0. The molecule has 0 aliphatic heterocycles. The summed E-state index contributed by atoms with van der Waals surface area (Å²) in [5.74, 6) is 0. The van der Waals surface area contributed by atoms with Gasteiger partial charge in [-0.3, -0.25) is 0 Å². The molecule has 0 fully saturated rings. The van der Waals surface area contributed by atoms with Crippen LogP contribution in [0.1, 0.15) is 51.3 Å². The highest BCUT2D eigenvalue weighted by molar-refractivity contribution is 5.77. The second kappa shape index (κ2) is 11.7. The Morgan fingerprint density at radius 2 is 1.62 bits per heavy atom. The van der Waals surface area contributed by atoms with Gasteiger partial charge in [0.15, 0.2) is 0 Å². The average molecular weight is 346 g/mol. The topological polar surface area (TPSA) is 12.0 Å². The van der Waals surface area contributed by atoms with E-state index in [4.69, 9.17) is 0 Å². The minimum atomic E-state index is 1.07. The summed E-state index contributed by atoms with van der Waals surface area (Å²) >= 11 is 0. The van der Waals surface area contributed by atoms with Crippen molar-refractivity contribution in [1.29, 1.82) is 0 Å². The summed E-state index contributed by atoms with van der Waals surface area (Å²) in [6, 6.07) is 14.8. The third-order valence-corrected chi connectivity index (χ3v) is 3.79. The molecule has 136 valence electrons. The van der Waals surface area contributed by atoms with Crippen LogP contribution in [0.15, 0.2) is 73.3 Å². The van der Waals surface area contributed by atoms with Crippen LogP contribution in [0.4, 0.5) is 11.4 Å².